The number of carbonyl (C=O) groups excluding carboxylic acids is 1. The summed E-state index contributed by atoms with van der Waals surface area (Å²) < 4.78 is 5.42. The van der Waals surface area contributed by atoms with Gasteiger partial charge < -0.3 is 14.5 Å². The first-order valence-electron chi connectivity index (χ1n) is 10.5. The molecule has 2 aliphatic heterocycles. The van der Waals surface area contributed by atoms with Crippen molar-refractivity contribution in [2.75, 3.05) is 36.1 Å². The highest BCUT2D eigenvalue weighted by molar-refractivity contribution is 5.95. The zero-order valence-corrected chi connectivity index (χ0v) is 17.5. The van der Waals surface area contributed by atoms with Crippen LogP contribution in [0.4, 0.5) is 11.5 Å². The molecule has 0 spiro atoms. The van der Waals surface area contributed by atoms with Gasteiger partial charge in [0.2, 0.25) is 5.91 Å². The highest BCUT2D eigenvalue weighted by atomic mass is 16.5. The number of benzene rings is 1. The van der Waals surface area contributed by atoms with E-state index < -0.39 is 0 Å². The van der Waals surface area contributed by atoms with Gasteiger partial charge in [-0.1, -0.05) is 30.3 Å². The lowest BCUT2D eigenvalue weighted by Crippen LogP contribution is -2.36. The lowest BCUT2D eigenvalue weighted by molar-refractivity contribution is -0.116. The van der Waals surface area contributed by atoms with E-state index in [4.69, 9.17) is 9.72 Å². The first kappa shape index (κ1) is 19.5. The second-order valence-corrected chi connectivity index (χ2v) is 7.74. The first-order chi connectivity index (χ1) is 15.2. The smallest absolute Gasteiger partial charge is 0.224 e. The van der Waals surface area contributed by atoms with Gasteiger partial charge >= 0.3 is 0 Å². The van der Waals surface area contributed by atoms with Crippen molar-refractivity contribution in [3.8, 4) is 11.3 Å². The Hall–Kier alpha value is -3.51. The van der Waals surface area contributed by atoms with Crippen molar-refractivity contribution in [3.63, 3.8) is 0 Å². The molecule has 0 aliphatic carbocycles. The number of carbonyl (C=O) groups is 1. The number of fused-ring (bicyclic) bond motifs is 2. The van der Waals surface area contributed by atoms with Crippen LogP contribution in [0.1, 0.15) is 23.7 Å². The number of hydrogen-bond donors (Lipinski definition) is 0. The third-order valence-electron chi connectivity index (χ3n) is 5.75. The third-order valence-corrected chi connectivity index (χ3v) is 5.75. The molecule has 3 aromatic rings. The summed E-state index contributed by atoms with van der Waals surface area (Å²) in [6, 6.07) is 16.1. The Bertz CT molecular complexity index is 1130. The van der Waals surface area contributed by atoms with E-state index in [0.717, 1.165) is 65.9 Å². The van der Waals surface area contributed by atoms with Gasteiger partial charge in [0.1, 0.15) is 5.82 Å². The molecule has 1 amide bonds. The predicted octanol–water partition coefficient (Wildman–Crippen LogP) is 4.02. The minimum atomic E-state index is 0.0145. The summed E-state index contributed by atoms with van der Waals surface area (Å²) in [6.07, 6.45) is 5.94. The maximum absolute atomic E-state index is 12.3. The van der Waals surface area contributed by atoms with Crippen molar-refractivity contribution in [2.24, 2.45) is 0 Å². The van der Waals surface area contributed by atoms with Crippen LogP contribution >= 0.6 is 0 Å². The van der Waals surface area contributed by atoms with Crippen LogP contribution < -0.4 is 9.80 Å². The van der Waals surface area contributed by atoms with E-state index in [1.165, 1.54) is 0 Å². The number of morpholine rings is 1. The van der Waals surface area contributed by atoms with Gasteiger partial charge in [-0.3, -0.25) is 4.79 Å². The Morgan fingerprint density at radius 3 is 2.61 bits per heavy atom. The van der Waals surface area contributed by atoms with Crippen molar-refractivity contribution in [1.82, 2.24) is 9.97 Å². The number of ether oxygens (including phenoxy) is 1. The quantitative estimate of drug-likeness (QED) is 0.636. The summed E-state index contributed by atoms with van der Waals surface area (Å²) in [4.78, 5) is 25.9. The van der Waals surface area contributed by atoms with Crippen LogP contribution in [0.5, 0.6) is 0 Å². The Kier molecular flexibility index (Phi) is 5.22. The predicted molar refractivity (Wildman–Crippen MR) is 123 cm³/mol. The number of amides is 1. The summed E-state index contributed by atoms with van der Waals surface area (Å²) in [5, 5.41) is 0. The standard InChI is InChI=1S/C25H24N4O2/c1-18(30)29-17-21-7-10-22(27-23(21)9-6-19-4-2-3-5-24(19)29)20-8-11-25(26-16-20)28-12-14-31-15-13-28/h2-11,16H,12-15,17H2,1H3/b9-6-. The number of hydrogen-bond acceptors (Lipinski definition) is 5. The molecule has 6 heteroatoms. The number of pyridine rings is 2. The fourth-order valence-corrected chi connectivity index (χ4v) is 4.04. The Labute approximate surface area is 181 Å². The van der Waals surface area contributed by atoms with E-state index in [0.29, 0.717) is 6.54 Å². The van der Waals surface area contributed by atoms with Crippen LogP contribution in [0.3, 0.4) is 0 Å². The van der Waals surface area contributed by atoms with Crippen molar-refractivity contribution in [2.45, 2.75) is 13.5 Å². The van der Waals surface area contributed by atoms with Gasteiger partial charge in [-0.05, 0) is 41.5 Å². The SMILES string of the molecule is CC(=O)N1Cc2ccc(-c3ccc(N4CCOCC4)nc3)nc2/C=C\c2ccccc21. The fourth-order valence-electron chi connectivity index (χ4n) is 4.04. The largest absolute Gasteiger partial charge is 0.378 e. The van der Waals surface area contributed by atoms with Crippen LogP contribution in [0.25, 0.3) is 23.4 Å². The lowest BCUT2D eigenvalue weighted by Gasteiger charge is -2.27. The fraction of sp³-hybridized carbons (Fsp3) is 0.240. The number of rotatable bonds is 2. The maximum atomic E-state index is 12.3. The zero-order chi connectivity index (χ0) is 21.2. The van der Waals surface area contributed by atoms with Crippen molar-refractivity contribution < 1.29 is 9.53 Å². The van der Waals surface area contributed by atoms with Gasteiger partial charge in [0, 0.05) is 31.8 Å². The average molecular weight is 412 g/mol. The van der Waals surface area contributed by atoms with Gasteiger partial charge in [-0.2, -0.15) is 0 Å². The van der Waals surface area contributed by atoms with Gasteiger partial charge in [0.05, 0.1) is 36.8 Å². The summed E-state index contributed by atoms with van der Waals surface area (Å²) in [6.45, 7) is 5.30. The Balaban J connectivity index is 1.47. The maximum Gasteiger partial charge on any atom is 0.224 e. The van der Waals surface area contributed by atoms with E-state index in [-0.39, 0.29) is 5.91 Å². The molecule has 1 saturated heterocycles. The molecule has 2 aliphatic rings. The number of aromatic nitrogens is 2. The molecule has 2 aromatic heterocycles. The first-order valence-corrected chi connectivity index (χ1v) is 10.5. The van der Waals surface area contributed by atoms with Gasteiger partial charge in [0.25, 0.3) is 0 Å². The zero-order valence-electron chi connectivity index (χ0n) is 17.5. The highest BCUT2D eigenvalue weighted by Crippen LogP contribution is 2.29. The summed E-state index contributed by atoms with van der Waals surface area (Å²) in [5.41, 5.74) is 5.65. The van der Waals surface area contributed by atoms with Crippen molar-refractivity contribution in [3.05, 3.63) is 71.5 Å². The second-order valence-electron chi connectivity index (χ2n) is 7.74. The van der Waals surface area contributed by atoms with Crippen LogP contribution in [0, 0.1) is 0 Å². The van der Waals surface area contributed by atoms with Crippen LogP contribution in [-0.4, -0.2) is 42.2 Å². The molecule has 156 valence electrons. The molecule has 4 heterocycles. The van der Waals surface area contributed by atoms with Gasteiger partial charge in [0.15, 0.2) is 0 Å². The van der Waals surface area contributed by atoms with E-state index in [1.54, 1.807) is 11.8 Å². The Morgan fingerprint density at radius 1 is 1.00 bits per heavy atom. The number of anilines is 2. The normalized spacial score (nSPS) is 16.7. The molecule has 31 heavy (non-hydrogen) atoms. The number of para-hydroxylation sites is 1. The van der Waals surface area contributed by atoms with E-state index in [9.17, 15) is 4.79 Å². The number of nitrogens with zero attached hydrogens (tertiary/aromatic N) is 4. The molecule has 6 nitrogen and oxygen atoms in total. The molecule has 1 aromatic carbocycles. The van der Waals surface area contributed by atoms with Crippen molar-refractivity contribution >= 4 is 29.6 Å². The lowest BCUT2D eigenvalue weighted by atomic mass is 10.0. The summed E-state index contributed by atoms with van der Waals surface area (Å²) in [5.74, 6) is 0.979. The van der Waals surface area contributed by atoms with Gasteiger partial charge in [-0.15, -0.1) is 0 Å². The molecular weight excluding hydrogens is 388 g/mol. The average Bonchev–Trinajstić information content (AvgIpc) is 2.81. The minimum Gasteiger partial charge on any atom is -0.378 e. The molecule has 5 rings (SSSR count). The van der Waals surface area contributed by atoms with E-state index in [1.807, 2.05) is 54.7 Å². The molecule has 0 radical (unpaired) electrons. The molecule has 0 bridgehead atoms. The second kappa shape index (κ2) is 8.32. The van der Waals surface area contributed by atoms with Gasteiger partial charge in [-0.25, -0.2) is 9.97 Å². The molecule has 0 unspecified atom stereocenters. The van der Waals surface area contributed by atoms with Crippen molar-refractivity contribution in [1.29, 1.82) is 0 Å². The topological polar surface area (TPSA) is 58.6 Å². The summed E-state index contributed by atoms with van der Waals surface area (Å²) in [7, 11) is 0. The molecule has 0 N–H and O–H groups in total. The van der Waals surface area contributed by atoms with E-state index >= 15 is 0 Å². The highest BCUT2D eigenvalue weighted by Gasteiger charge is 2.19. The molecule has 1 fully saturated rings. The minimum absolute atomic E-state index is 0.0145. The third kappa shape index (κ3) is 3.94. The molecule has 0 saturated carbocycles. The van der Waals surface area contributed by atoms with Crippen LogP contribution in [0.15, 0.2) is 54.7 Å². The molecule has 0 atom stereocenters. The molecular formula is C25H24N4O2. The van der Waals surface area contributed by atoms with Crippen LogP contribution in [-0.2, 0) is 16.1 Å². The van der Waals surface area contributed by atoms with E-state index in [2.05, 4.69) is 22.0 Å². The Morgan fingerprint density at radius 2 is 1.84 bits per heavy atom. The summed E-state index contributed by atoms with van der Waals surface area (Å²) >= 11 is 0. The van der Waals surface area contributed by atoms with Crippen LogP contribution in [0.2, 0.25) is 0 Å². The monoisotopic (exact) mass is 412 g/mol.